The van der Waals surface area contributed by atoms with Crippen LogP contribution in [0.2, 0.25) is 0 Å². The normalized spacial score (nSPS) is 21.9. The van der Waals surface area contributed by atoms with Gasteiger partial charge in [0.05, 0.1) is 13.2 Å². The van der Waals surface area contributed by atoms with Gasteiger partial charge in [0.25, 0.3) is 0 Å². The maximum Gasteiger partial charge on any atom is 0.317 e. The van der Waals surface area contributed by atoms with Crippen LogP contribution in [0, 0.1) is 6.92 Å². The molecule has 2 rings (SSSR count). The van der Waals surface area contributed by atoms with Gasteiger partial charge in [-0.3, -0.25) is 4.21 Å². The van der Waals surface area contributed by atoms with Crippen LogP contribution < -0.4 is 5.32 Å². The molecule has 2 amide bonds. The number of hydrogen-bond donors (Lipinski definition) is 1. The van der Waals surface area contributed by atoms with E-state index in [4.69, 9.17) is 4.74 Å². The number of aryl methyl sites for hydroxylation is 1. The van der Waals surface area contributed by atoms with E-state index in [1.807, 2.05) is 19.2 Å². The average molecular weight is 331 g/mol. The lowest BCUT2D eigenvalue weighted by atomic mass is 10.3. The van der Waals surface area contributed by atoms with E-state index in [-0.39, 0.29) is 18.2 Å². The largest absolute Gasteiger partial charge is 0.367 e. The van der Waals surface area contributed by atoms with Crippen molar-refractivity contribution in [3.05, 3.63) is 16.1 Å². The molecule has 6 nitrogen and oxygen atoms in total. The van der Waals surface area contributed by atoms with E-state index in [0.29, 0.717) is 25.4 Å². The first-order chi connectivity index (χ1) is 9.95. The molecule has 1 fully saturated rings. The maximum atomic E-state index is 12.2. The molecule has 0 spiro atoms. The van der Waals surface area contributed by atoms with Crippen molar-refractivity contribution in [2.24, 2.45) is 0 Å². The second-order valence-corrected chi connectivity index (χ2v) is 7.59. The van der Waals surface area contributed by atoms with E-state index >= 15 is 0 Å². The van der Waals surface area contributed by atoms with E-state index in [2.05, 4.69) is 10.3 Å². The van der Waals surface area contributed by atoms with Crippen LogP contribution in [0.25, 0.3) is 0 Å². The minimum absolute atomic E-state index is 0.105. The number of carbonyl (C=O) groups is 1. The number of nitrogens with zero attached hydrogens (tertiary/aromatic N) is 2. The highest BCUT2D eigenvalue weighted by Crippen LogP contribution is 2.25. The first-order valence-corrected chi connectivity index (χ1v) is 9.45. The molecule has 0 radical (unpaired) electrons. The zero-order chi connectivity index (χ0) is 15.4. The number of carbonyl (C=O) groups excluding carboxylic acids is 1. The van der Waals surface area contributed by atoms with Gasteiger partial charge in [-0.1, -0.05) is 0 Å². The molecular weight excluding hydrogens is 310 g/mol. The standard InChI is InChI=1S/C13H21N3O3S2/c1-9-7-20-12(14-9)11-6-16(4-5-19-11)13(17)15-10(2)8-21(3)18/h7,10-11H,4-6,8H2,1-3H3,(H,15,17)/t10-,11+,21-/m1/s1. The predicted molar refractivity (Wildman–Crippen MR) is 84.0 cm³/mol. The molecule has 0 unspecified atom stereocenters. The van der Waals surface area contributed by atoms with Crippen molar-refractivity contribution < 1.29 is 13.7 Å². The van der Waals surface area contributed by atoms with Crippen molar-refractivity contribution in [1.82, 2.24) is 15.2 Å². The van der Waals surface area contributed by atoms with Crippen LogP contribution in [0.5, 0.6) is 0 Å². The van der Waals surface area contributed by atoms with Crippen molar-refractivity contribution in [3.63, 3.8) is 0 Å². The van der Waals surface area contributed by atoms with Gasteiger partial charge in [0.2, 0.25) is 0 Å². The molecule has 0 aliphatic carbocycles. The smallest absolute Gasteiger partial charge is 0.317 e. The first kappa shape index (κ1) is 16.4. The molecule has 21 heavy (non-hydrogen) atoms. The fourth-order valence-electron chi connectivity index (χ4n) is 2.20. The van der Waals surface area contributed by atoms with Gasteiger partial charge < -0.3 is 15.0 Å². The third-order valence-corrected chi connectivity index (χ3v) is 5.14. The summed E-state index contributed by atoms with van der Waals surface area (Å²) in [6.45, 7) is 5.38. The Morgan fingerprint density at radius 2 is 2.48 bits per heavy atom. The van der Waals surface area contributed by atoms with Crippen molar-refractivity contribution in [2.45, 2.75) is 26.0 Å². The molecule has 1 aliphatic heterocycles. The molecule has 0 saturated carbocycles. The molecule has 1 aromatic heterocycles. The van der Waals surface area contributed by atoms with Crippen LogP contribution in [0.4, 0.5) is 4.79 Å². The Bertz CT molecular complexity index is 521. The van der Waals surface area contributed by atoms with Gasteiger partial charge in [-0.2, -0.15) is 0 Å². The Hall–Kier alpha value is -0.990. The van der Waals surface area contributed by atoms with Gasteiger partial charge in [0, 0.05) is 46.5 Å². The summed E-state index contributed by atoms with van der Waals surface area (Å²) in [7, 11) is -0.917. The minimum atomic E-state index is -0.917. The van der Waals surface area contributed by atoms with Crippen molar-refractivity contribution in [3.8, 4) is 0 Å². The Balaban J connectivity index is 1.91. The summed E-state index contributed by atoms with van der Waals surface area (Å²) < 4.78 is 16.9. The highest BCUT2D eigenvalue weighted by molar-refractivity contribution is 7.84. The lowest BCUT2D eigenvalue weighted by molar-refractivity contribution is -0.0157. The zero-order valence-electron chi connectivity index (χ0n) is 12.5. The number of nitrogens with one attached hydrogen (secondary N) is 1. The second-order valence-electron chi connectivity index (χ2n) is 5.22. The molecule has 0 bridgehead atoms. The number of hydrogen-bond acceptors (Lipinski definition) is 5. The number of morpholine rings is 1. The molecule has 2 heterocycles. The van der Waals surface area contributed by atoms with Crippen LogP contribution in [0.3, 0.4) is 0 Å². The highest BCUT2D eigenvalue weighted by Gasteiger charge is 2.27. The first-order valence-electron chi connectivity index (χ1n) is 6.85. The van der Waals surface area contributed by atoms with E-state index in [9.17, 15) is 9.00 Å². The Morgan fingerprint density at radius 1 is 1.71 bits per heavy atom. The van der Waals surface area contributed by atoms with Crippen molar-refractivity contribution in [2.75, 3.05) is 31.7 Å². The van der Waals surface area contributed by atoms with Gasteiger partial charge in [0.1, 0.15) is 11.1 Å². The van der Waals surface area contributed by atoms with E-state index in [0.717, 1.165) is 10.7 Å². The quantitative estimate of drug-likeness (QED) is 0.903. The fraction of sp³-hybridized carbons (Fsp3) is 0.692. The molecular formula is C13H21N3O3S2. The number of rotatable bonds is 4. The molecule has 1 N–H and O–H groups in total. The molecule has 0 aromatic carbocycles. The van der Waals surface area contributed by atoms with Gasteiger partial charge in [-0.05, 0) is 13.8 Å². The number of urea groups is 1. The summed E-state index contributed by atoms with van der Waals surface area (Å²) >= 11 is 1.56. The number of aromatic nitrogens is 1. The number of thiazole rings is 1. The summed E-state index contributed by atoms with van der Waals surface area (Å²) in [5.41, 5.74) is 0.972. The molecule has 1 aromatic rings. The summed E-state index contributed by atoms with van der Waals surface area (Å²) in [5, 5.41) is 5.77. The summed E-state index contributed by atoms with van der Waals surface area (Å²) in [4.78, 5) is 18.4. The van der Waals surface area contributed by atoms with Gasteiger partial charge in [-0.25, -0.2) is 9.78 Å². The Morgan fingerprint density at radius 3 is 3.10 bits per heavy atom. The Labute approximate surface area is 131 Å². The van der Waals surface area contributed by atoms with Crippen molar-refractivity contribution >= 4 is 28.2 Å². The van der Waals surface area contributed by atoms with E-state index in [1.54, 1.807) is 22.5 Å². The molecule has 1 saturated heterocycles. The summed E-state index contributed by atoms with van der Waals surface area (Å²) in [6.07, 6.45) is 1.48. The lowest BCUT2D eigenvalue weighted by Crippen LogP contribution is -2.50. The third kappa shape index (κ3) is 4.76. The van der Waals surface area contributed by atoms with Gasteiger partial charge in [-0.15, -0.1) is 11.3 Å². The second kappa shape index (κ2) is 7.33. The topological polar surface area (TPSA) is 71.5 Å². The molecule has 8 heteroatoms. The van der Waals surface area contributed by atoms with Gasteiger partial charge in [0.15, 0.2) is 0 Å². The minimum Gasteiger partial charge on any atom is -0.367 e. The summed E-state index contributed by atoms with van der Waals surface area (Å²) in [5.74, 6) is 0.463. The third-order valence-electron chi connectivity index (χ3n) is 3.12. The maximum absolute atomic E-state index is 12.2. The van der Waals surface area contributed by atoms with Gasteiger partial charge >= 0.3 is 6.03 Å². The molecule has 118 valence electrons. The molecule has 1 aliphatic rings. The SMILES string of the molecule is Cc1csc([C@@H]2CN(C(=O)N[C@H](C)C[S@@](C)=O)CCO2)n1. The zero-order valence-corrected chi connectivity index (χ0v) is 14.1. The summed E-state index contributed by atoms with van der Waals surface area (Å²) in [6, 6.07) is -0.235. The van der Waals surface area contributed by atoms with Crippen LogP contribution in [0.1, 0.15) is 23.7 Å². The predicted octanol–water partition coefficient (Wildman–Crippen LogP) is 1.30. The van der Waals surface area contributed by atoms with Crippen LogP contribution in [-0.4, -0.2) is 57.9 Å². The highest BCUT2D eigenvalue weighted by atomic mass is 32.2. The fourth-order valence-corrected chi connectivity index (χ4v) is 3.82. The van der Waals surface area contributed by atoms with Crippen LogP contribution in [-0.2, 0) is 15.5 Å². The Kier molecular flexibility index (Phi) is 5.72. The average Bonchev–Trinajstić information content (AvgIpc) is 2.84. The number of ether oxygens (including phenoxy) is 1. The van der Waals surface area contributed by atoms with Crippen molar-refractivity contribution in [1.29, 1.82) is 0 Å². The van der Waals surface area contributed by atoms with E-state index in [1.165, 1.54) is 0 Å². The van der Waals surface area contributed by atoms with Crippen LogP contribution >= 0.6 is 11.3 Å². The lowest BCUT2D eigenvalue weighted by Gasteiger charge is -2.32. The monoisotopic (exact) mass is 331 g/mol. The van der Waals surface area contributed by atoms with Crippen LogP contribution in [0.15, 0.2) is 5.38 Å². The van der Waals surface area contributed by atoms with E-state index < -0.39 is 10.8 Å². The number of amides is 2. The molecule has 3 atom stereocenters.